The van der Waals surface area contributed by atoms with Crippen molar-refractivity contribution in [3.8, 4) is 22.6 Å². The van der Waals surface area contributed by atoms with E-state index in [1.807, 2.05) is 19.1 Å². The van der Waals surface area contributed by atoms with Crippen molar-refractivity contribution < 1.29 is 9.84 Å². The summed E-state index contributed by atoms with van der Waals surface area (Å²) in [5.74, 6) is 0.818. The van der Waals surface area contributed by atoms with Gasteiger partial charge in [-0.15, -0.1) is 0 Å². The number of phenols is 1. The quantitative estimate of drug-likeness (QED) is 0.735. The van der Waals surface area contributed by atoms with Crippen LogP contribution in [0.15, 0.2) is 36.4 Å². The van der Waals surface area contributed by atoms with Crippen LogP contribution in [-0.2, 0) is 13.1 Å². The van der Waals surface area contributed by atoms with E-state index in [-0.39, 0.29) is 5.75 Å². The Hall–Kier alpha value is -2.79. The number of nitrogens with one attached hydrogen (secondary N) is 1. The fraction of sp³-hybridized carbons (Fsp3) is 0.318. The van der Waals surface area contributed by atoms with Gasteiger partial charge in [-0.1, -0.05) is 24.3 Å². The smallest absolute Gasteiger partial charge is 0.165 e. The first kappa shape index (κ1) is 17.6. The van der Waals surface area contributed by atoms with E-state index >= 15 is 0 Å². The second kappa shape index (κ2) is 7.08. The molecule has 1 aliphatic heterocycles. The molecular formula is C22H25N3O2. The lowest BCUT2D eigenvalue weighted by Crippen LogP contribution is -2.25. The molecule has 0 aliphatic carbocycles. The SMILES string of the molecule is Cc1ccccc1-c1cc(O)c2c(c1)CN(Cc1c(C)n[nH]c1C)CCO2. The highest BCUT2D eigenvalue weighted by Crippen LogP contribution is 2.38. The minimum atomic E-state index is 0.211. The Labute approximate surface area is 159 Å². The zero-order chi connectivity index (χ0) is 19.0. The summed E-state index contributed by atoms with van der Waals surface area (Å²) in [4.78, 5) is 2.34. The lowest BCUT2D eigenvalue weighted by atomic mass is 9.97. The van der Waals surface area contributed by atoms with E-state index in [2.05, 4.69) is 47.1 Å². The molecule has 0 spiro atoms. The second-order valence-corrected chi connectivity index (χ2v) is 7.27. The van der Waals surface area contributed by atoms with Crippen molar-refractivity contribution in [1.29, 1.82) is 0 Å². The summed E-state index contributed by atoms with van der Waals surface area (Å²) in [6.45, 7) is 9.07. The highest BCUT2D eigenvalue weighted by molar-refractivity contribution is 5.71. The van der Waals surface area contributed by atoms with Gasteiger partial charge in [0, 0.05) is 36.5 Å². The zero-order valence-corrected chi connectivity index (χ0v) is 16.0. The largest absolute Gasteiger partial charge is 0.504 e. The molecule has 0 atom stereocenters. The topological polar surface area (TPSA) is 61.4 Å². The lowest BCUT2D eigenvalue weighted by Gasteiger charge is -2.20. The van der Waals surface area contributed by atoms with Gasteiger partial charge < -0.3 is 9.84 Å². The Kier molecular flexibility index (Phi) is 4.62. The van der Waals surface area contributed by atoms with E-state index in [9.17, 15) is 5.11 Å². The summed E-state index contributed by atoms with van der Waals surface area (Å²) < 4.78 is 5.90. The maximum Gasteiger partial charge on any atom is 0.165 e. The number of aromatic hydroxyl groups is 1. The van der Waals surface area contributed by atoms with Crippen LogP contribution < -0.4 is 4.74 Å². The van der Waals surface area contributed by atoms with Gasteiger partial charge in [0.25, 0.3) is 0 Å². The van der Waals surface area contributed by atoms with Gasteiger partial charge in [0.05, 0.1) is 5.69 Å². The fourth-order valence-electron chi connectivity index (χ4n) is 3.77. The predicted molar refractivity (Wildman–Crippen MR) is 106 cm³/mol. The van der Waals surface area contributed by atoms with Crippen LogP contribution in [0.1, 0.15) is 28.1 Å². The van der Waals surface area contributed by atoms with Crippen LogP contribution >= 0.6 is 0 Å². The molecule has 2 N–H and O–H groups in total. The Morgan fingerprint density at radius 2 is 2.00 bits per heavy atom. The number of ether oxygens (including phenoxy) is 1. The van der Waals surface area contributed by atoms with Crippen LogP contribution in [0.25, 0.3) is 11.1 Å². The standard InChI is InChI=1S/C22H25N3O2/c1-14-6-4-5-7-19(14)17-10-18-12-25(8-9-27-22(18)21(26)11-17)13-20-15(2)23-24-16(20)3/h4-7,10-11,26H,8-9,12-13H2,1-3H3,(H,23,24). The second-order valence-electron chi connectivity index (χ2n) is 7.27. The third-order valence-electron chi connectivity index (χ3n) is 5.31. The van der Waals surface area contributed by atoms with E-state index in [0.29, 0.717) is 12.4 Å². The minimum absolute atomic E-state index is 0.211. The van der Waals surface area contributed by atoms with Crippen LogP contribution in [0.4, 0.5) is 0 Å². The van der Waals surface area contributed by atoms with Gasteiger partial charge in [0.2, 0.25) is 0 Å². The Balaban J connectivity index is 1.68. The fourth-order valence-corrected chi connectivity index (χ4v) is 3.77. The Morgan fingerprint density at radius 1 is 1.19 bits per heavy atom. The molecule has 0 bridgehead atoms. The predicted octanol–water partition coefficient (Wildman–Crippen LogP) is 4.10. The summed E-state index contributed by atoms with van der Waals surface area (Å²) in [7, 11) is 0. The number of aryl methyl sites for hydroxylation is 3. The summed E-state index contributed by atoms with van der Waals surface area (Å²) in [5.41, 5.74) is 7.73. The molecule has 2 heterocycles. The Bertz CT molecular complexity index is 958. The van der Waals surface area contributed by atoms with E-state index in [1.165, 1.54) is 11.1 Å². The number of nitrogens with zero attached hydrogens (tertiary/aromatic N) is 2. The normalized spacial score (nSPS) is 14.5. The van der Waals surface area contributed by atoms with Crippen LogP contribution in [0.3, 0.4) is 0 Å². The van der Waals surface area contributed by atoms with Crippen LogP contribution in [0.5, 0.6) is 11.5 Å². The molecule has 5 nitrogen and oxygen atoms in total. The van der Waals surface area contributed by atoms with Crippen molar-refractivity contribution in [3.05, 3.63) is 64.5 Å². The monoisotopic (exact) mass is 363 g/mol. The van der Waals surface area contributed by atoms with Crippen molar-refractivity contribution in [3.63, 3.8) is 0 Å². The Morgan fingerprint density at radius 3 is 2.74 bits per heavy atom. The molecular weight excluding hydrogens is 338 g/mol. The first-order valence-electron chi connectivity index (χ1n) is 9.30. The third-order valence-corrected chi connectivity index (χ3v) is 5.31. The summed E-state index contributed by atoms with van der Waals surface area (Å²) >= 11 is 0. The number of aromatic nitrogens is 2. The van der Waals surface area contributed by atoms with Gasteiger partial charge in [-0.2, -0.15) is 5.10 Å². The van der Waals surface area contributed by atoms with Crippen molar-refractivity contribution >= 4 is 0 Å². The van der Waals surface area contributed by atoms with E-state index in [1.54, 1.807) is 6.07 Å². The number of fused-ring (bicyclic) bond motifs is 1. The van der Waals surface area contributed by atoms with Gasteiger partial charge in [0.1, 0.15) is 6.61 Å². The molecule has 0 fully saturated rings. The van der Waals surface area contributed by atoms with Crippen LogP contribution in [-0.4, -0.2) is 33.4 Å². The lowest BCUT2D eigenvalue weighted by molar-refractivity contribution is 0.216. The van der Waals surface area contributed by atoms with E-state index in [4.69, 9.17) is 4.74 Å². The molecule has 4 rings (SSSR count). The first-order valence-corrected chi connectivity index (χ1v) is 9.30. The van der Waals surface area contributed by atoms with Gasteiger partial charge in [-0.25, -0.2) is 0 Å². The highest BCUT2D eigenvalue weighted by Gasteiger charge is 2.21. The van der Waals surface area contributed by atoms with E-state index < -0.39 is 0 Å². The summed E-state index contributed by atoms with van der Waals surface area (Å²) in [6.07, 6.45) is 0. The van der Waals surface area contributed by atoms with Crippen molar-refractivity contribution in [2.24, 2.45) is 0 Å². The molecule has 0 radical (unpaired) electrons. The zero-order valence-electron chi connectivity index (χ0n) is 16.0. The highest BCUT2D eigenvalue weighted by atomic mass is 16.5. The molecule has 27 heavy (non-hydrogen) atoms. The van der Waals surface area contributed by atoms with Gasteiger partial charge in [-0.05, 0) is 49.6 Å². The average molecular weight is 363 g/mol. The maximum absolute atomic E-state index is 10.6. The average Bonchev–Trinajstić information content (AvgIpc) is 2.84. The number of hydrogen-bond acceptors (Lipinski definition) is 4. The van der Waals surface area contributed by atoms with E-state index in [0.717, 1.165) is 47.7 Å². The van der Waals surface area contributed by atoms with Crippen molar-refractivity contribution in [1.82, 2.24) is 15.1 Å². The number of aromatic amines is 1. The molecule has 0 saturated carbocycles. The number of rotatable bonds is 3. The molecule has 0 saturated heterocycles. The number of hydrogen-bond donors (Lipinski definition) is 2. The molecule has 0 amide bonds. The molecule has 5 heteroatoms. The van der Waals surface area contributed by atoms with Crippen molar-refractivity contribution in [2.75, 3.05) is 13.2 Å². The molecule has 1 aliphatic rings. The van der Waals surface area contributed by atoms with Crippen molar-refractivity contribution in [2.45, 2.75) is 33.9 Å². The minimum Gasteiger partial charge on any atom is -0.504 e. The van der Waals surface area contributed by atoms with Gasteiger partial charge >= 0.3 is 0 Å². The van der Waals surface area contributed by atoms with Crippen LogP contribution in [0.2, 0.25) is 0 Å². The van der Waals surface area contributed by atoms with Crippen LogP contribution in [0, 0.1) is 20.8 Å². The summed E-state index contributed by atoms with van der Waals surface area (Å²) in [6, 6.07) is 12.2. The molecule has 0 unspecified atom stereocenters. The molecule has 1 aromatic heterocycles. The number of H-pyrrole nitrogens is 1. The number of benzene rings is 2. The first-order chi connectivity index (χ1) is 13.0. The molecule has 2 aromatic carbocycles. The maximum atomic E-state index is 10.6. The third kappa shape index (κ3) is 3.43. The van der Waals surface area contributed by atoms with Gasteiger partial charge in [-0.3, -0.25) is 10.00 Å². The number of phenolic OH excluding ortho intramolecular Hbond substituents is 1. The molecule has 140 valence electrons. The van der Waals surface area contributed by atoms with Gasteiger partial charge in [0.15, 0.2) is 11.5 Å². The molecule has 3 aromatic rings. The summed E-state index contributed by atoms with van der Waals surface area (Å²) in [5, 5.41) is 18.0.